The maximum Gasteiger partial charge on any atom is 0.332 e. The summed E-state index contributed by atoms with van der Waals surface area (Å²) in [5, 5.41) is 3.90. The smallest absolute Gasteiger partial charge is 0.332 e. The minimum atomic E-state index is -0.662. The highest BCUT2D eigenvalue weighted by molar-refractivity contribution is 5.99. The molecule has 0 saturated carbocycles. The van der Waals surface area contributed by atoms with Gasteiger partial charge in [0.1, 0.15) is 0 Å². The van der Waals surface area contributed by atoms with Crippen LogP contribution in [0.4, 0.5) is 4.79 Å². The van der Waals surface area contributed by atoms with Crippen molar-refractivity contribution in [3.63, 3.8) is 0 Å². The summed E-state index contributed by atoms with van der Waals surface area (Å²) in [6.07, 6.45) is 0.900. The molecule has 0 aliphatic carbocycles. The molecule has 4 nitrogen and oxygen atoms in total. The van der Waals surface area contributed by atoms with Crippen LogP contribution in [0.2, 0.25) is 0 Å². The molecule has 0 heterocycles. The second-order valence-corrected chi connectivity index (χ2v) is 4.53. The highest BCUT2D eigenvalue weighted by Gasteiger charge is 2.00. The van der Waals surface area contributed by atoms with Gasteiger partial charge < -0.3 is 5.73 Å². The van der Waals surface area contributed by atoms with Crippen molar-refractivity contribution in [2.24, 2.45) is 10.8 Å². The van der Waals surface area contributed by atoms with Crippen molar-refractivity contribution >= 4 is 11.7 Å². The minimum absolute atomic E-state index is 0.662. The van der Waals surface area contributed by atoms with Crippen LogP contribution >= 0.6 is 0 Å². The van der Waals surface area contributed by atoms with Crippen LogP contribution in [0.5, 0.6) is 0 Å². The molecule has 0 atom stereocenters. The maximum atomic E-state index is 10.6. The third-order valence-corrected chi connectivity index (χ3v) is 2.96. The number of urea groups is 1. The van der Waals surface area contributed by atoms with Crippen LogP contribution in [0.15, 0.2) is 59.7 Å². The van der Waals surface area contributed by atoms with Crippen molar-refractivity contribution in [1.29, 1.82) is 0 Å². The highest BCUT2D eigenvalue weighted by atomic mass is 16.2. The Morgan fingerprint density at radius 2 is 1.65 bits per heavy atom. The van der Waals surface area contributed by atoms with E-state index in [2.05, 4.69) is 34.8 Å². The normalized spacial score (nSPS) is 11.2. The molecule has 2 aromatic rings. The molecule has 0 aromatic heterocycles. The van der Waals surface area contributed by atoms with Crippen molar-refractivity contribution in [3.05, 3.63) is 71.3 Å². The lowest BCUT2D eigenvalue weighted by Crippen LogP contribution is -2.25. The summed E-state index contributed by atoms with van der Waals surface area (Å²) in [4.78, 5) is 10.6. The lowest BCUT2D eigenvalue weighted by molar-refractivity contribution is 0.249. The molecular weight excluding hydrogens is 250 g/mol. The van der Waals surface area contributed by atoms with E-state index >= 15 is 0 Å². The third-order valence-electron chi connectivity index (χ3n) is 2.96. The van der Waals surface area contributed by atoms with Gasteiger partial charge in [-0.05, 0) is 30.0 Å². The predicted octanol–water partition coefficient (Wildman–Crippen LogP) is 2.67. The Labute approximate surface area is 118 Å². The molecule has 0 saturated heterocycles. The molecule has 0 radical (unpaired) electrons. The molecule has 4 heteroatoms. The fraction of sp³-hybridized carbons (Fsp3) is 0.125. The molecule has 0 spiro atoms. The topological polar surface area (TPSA) is 67.5 Å². The minimum Gasteiger partial charge on any atom is -0.350 e. The number of nitrogens with zero attached hydrogens (tertiary/aromatic N) is 1. The van der Waals surface area contributed by atoms with Crippen LogP contribution in [0.3, 0.4) is 0 Å². The number of rotatable bonds is 4. The van der Waals surface area contributed by atoms with Crippen LogP contribution in [-0.2, 0) is 6.42 Å². The maximum absolute atomic E-state index is 10.6. The van der Waals surface area contributed by atoms with Gasteiger partial charge >= 0.3 is 6.03 Å². The standard InChI is InChI=1S/C16H17N3O/c1-12(18-19-16(17)20)15-9-7-14(8-10-15)11-13-5-3-2-4-6-13/h2-10H,11H2,1H3,(H3,17,19,20)/b18-12-. The van der Waals surface area contributed by atoms with Gasteiger partial charge in [0.2, 0.25) is 0 Å². The second-order valence-electron chi connectivity index (χ2n) is 4.53. The van der Waals surface area contributed by atoms with Gasteiger partial charge in [0.05, 0.1) is 5.71 Å². The third kappa shape index (κ3) is 3.95. The molecule has 2 amide bonds. The number of nitrogens with one attached hydrogen (secondary N) is 1. The number of amides is 2. The number of nitrogens with two attached hydrogens (primary N) is 1. The van der Waals surface area contributed by atoms with Gasteiger partial charge in [-0.15, -0.1) is 0 Å². The van der Waals surface area contributed by atoms with E-state index in [0.29, 0.717) is 0 Å². The van der Waals surface area contributed by atoms with Gasteiger partial charge in [0.25, 0.3) is 0 Å². The number of hydrazone groups is 1. The SMILES string of the molecule is C/C(=N/NC(N)=O)c1ccc(Cc2ccccc2)cc1. The summed E-state index contributed by atoms with van der Waals surface area (Å²) >= 11 is 0. The van der Waals surface area contributed by atoms with Crippen LogP contribution in [-0.4, -0.2) is 11.7 Å². The zero-order valence-corrected chi connectivity index (χ0v) is 11.3. The predicted molar refractivity (Wildman–Crippen MR) is 80.6 cm³/mol. The summed E-state index contributed by atoms with van der Waals surface area (Å²) in [6, 6.07) is 17.7. The average Bonchev–Trinajstić information content (AvgIpc) is 2.46. The molecule has 20 heavy (non-hydrogen) atoms. The average molecular weight is 267 g/mol. The zero-order valence-electron chi connectivity index (χ0n) is 11.3. The summed E-state index contributed by atoms with van der Waals surface area (Å²) in [6.45, 7) is 1.82. The molecule has 102 valence electrons. The van der Waals surface area contributed by atoms with Crippen molar-refractivity contribution in [1.82, 2.24) is 5.43 Å². The van der Waals surface area contributed by atoms with Gasteiger partial charge in [-0.3, -0.25) is 0 Å². The Balaban J connectivity index is 2.06. The first-order chi connectivity index (χ1) is 9.65. The number of hydrogen-bond donors (Lipinski definition) is 2. The molecule has 2 rings (SSSR count). The van der Waals surface area contributed by atoms with Gasteiger partial charge in [0.15, 0.2) is 0 Å². The van der Waals surface area contributed by atoms with E-state index in [4.69, 9.17) is 5.73 Å². The fourth-order valence-corrected chi connectivity index (χ4v) is 1.90. The van der Waals surface area contributed by atoms with Gasteiger partial charge in [-0.1, -0.05) is 54.6 Å². The Hall–Kier alpha value is -2.62. The summed E-state index contributed by atoms with van der Waals surface area (Å²) in [5.41, 5.74) is 11.4. The monoisotopic (exact) mass is 267 g/mol. The quantitative estimate of drug-likeness (QED) is 0.649. The van der Waals surface area contributed by atoms with Crippen LogP contribution < -0.4 is 11.2 Å². The molecule has 3 N–H and O–H groups in total. The first-order valence-corrected chi connectivity index (χ1v) is 6.38. The molecule has 0 aliphatic heterocycles. The van der Waals surface area contributed by atoms with Crippen molar-refractivity contribution in [2.75, 3.05) is 0 Å². The first kappa shape index (κ1) is 13.8. The van der Waals surface area contributed by atoms with E-state index in [-0.39, 0.29) is 0 Å². The van der Waals surface area contributed by atoms with E-state index in [0.717, 1.165) is 17.7 Å². The molecule has 0 fully saturated rings. The number of primary amides is 1. The van der Waals surface area contributed by atoms with Crippen molar-refractivity contribution in [3.8, 4) is 0 Å². The van der Waals surface area contributed by atoms with E-state index < -0.39 is 6.03 Å². The van der Waals surface area contributed by atoms with Crippen LogP contribution in [0.25, 0.3) is 0 Å². The largest absolute Gasteiger partial charge is 0.350 e. The lowest BCUT2D eigenvalue weighted by Gasteiger charge is -2.04. The Morgan fingerprint density at radius 3 is 2.25 bits per heavy atom. The van der Waals surface area contributed by atoms with Crippen LogP contribution in [0, 0.1) is 0 Å². The molecule has 0 bridgehead atoms. The fourth-order valence-electron chi connectivity index (χ4n) is 1.90. The van der Waals surface area contributed by atoms with E-state index in [9.17, 15) is 4.79 Å². The van der Waals surface area contributed by atoms with Gasteiger partial charge in [0, 0.05) is 0 Å². The molecule has 2 aromatic carbocycles. The number of carbonyl (C=O) groups is 1. The van der Waals surface area contributed by atoms with E-state index in [1.165, 1.54) is 11.1 Å². The summed E-state index contributed by atoms with van der Waals surface area (Å²) in [5.74, 6) is 0. The van der Waals surface area contributed by atoms with Crippen molar-refractivity contribution < 1.29 is 4.79 Å². The Kier molecular flexibility index (Phi) is 4.50. The first-order valence-electron chi connectivity index (χ1n) is 6.38. The zero-order chi connectivity index (χ0) is 14.4. The summed E-state index contributed by atoms with van der Waals surface area (Å²) < 4.78 is 0. The van der Waals surface area contributed by atoms with Gasteiger partial charge in [-0.25, -0.2) is 10.2 Å². The van der Waals surface area contributed by atoms with Crippen molar-refractivity contribution in [2.45, 2.75) is 13.3 Å². The molecule has 0 aliphatic rings. The summed E-state index contributed by atoms with van der Waals surface area (Å²) in [7, 11) is 0. The molecular formula is C16H17N3O. The van der Waals surface area contributed by atoms with E-state index in [1.807, 2.05) is 37.3 Å². The number of hydrogen-bond acceptors (Lipinski definition) is 2. The lowest BCUT2D eigenvalue weighted by atomic mass is 10.0. The number of carbonyl (C=O) groups excluding carboxylic acids is 1. The Bertz CT molecular complexity index is 603. The highest BCUT2D eigenvalue weighted by Crippen LogP contribution is 2.11. The molecule has 0 unspecified atom stereocenters. The Morgan fingerprint density at radius 1 is 1.05 bits per heavy atom. The van der Waals surface area contributed by atoms with Gasteiger partial charge in [-0.2, -0.15) is 5.10 Å². The van der Waals surface area contributed by atoms with Crippen LogP contribution in [0.1, 0.15) is 23.6 Å². The second kappa shape index (κ2) is 6.52. The van der Waals surface area contributed by atoms with E-state index in [1.54, 1.807) is 0 Å². The number of benzene rings is 2.